The number of thioether (sulfide) groups is 1. The number of rotatable bonds is 4. The third-order valence-electron chi connectivity index (χ3n) is 2.79. The molecule has 1 aliphatic rings. The molecule has 1 saturated heterocycles. The highest BCUT2D eigenvalue weighted by Gasteiger charge is 2.32. The number of amides is 1. The van der Waals surface area contributed by atoms with Crippen LogP contribution < -0.4 is 0 Å². The zero-order chi connectivity index (χ0) is 15.6. The number of hydrogen-bond acceptors (Lipinski definition) is 5. The minimum atomic E-state index is -4.12. The lowest BCUT2D eigenvalue weighted by Gasteiger charge is -2.12. The van der Waals surface area contributed by atoms with Gasteiger partial charge in [-0.25, -0.2) is 0 Å². The quantitative estimate of drug-likeness (QED) is 0.513. The van der Waals surface area contributed by atoms with Crippen LogP contribution in [0.5, 0.6) is 0 Å². The van der Waals surface area contributed by atoms with Gasteiger partial charge in [-0.2, -0.15) is 8.42 Å². The molecule has 8 heteroatoms. The highest BCUT2D eigenvalue weighted by atomic mass is 32.2. The van der Waals surface area contributed by atoms with E-state index in [0.29, 0.717) is 9.23 Å². The van der Waals surface area contributed by atoms with Gasteiger partial charge in [0.2, 0.25) is 0 Å². The van der Waals surface area contributed by atoms with E-state index < -0.39 is 15.9 Å². The summed E-state index contributed by atoms with van der Waals surface area (Å²) in [7, 11) is -4.12. The molecule has 1 N–H and O–H groups in total. The maximum atomic E-state index is 12.2. The van der Waals surface area contributed by atoms with Crippen molar-refractivity contribution in [1.82, 2.24) is 4.90 Å². The Kier molecular flexibility index (Phi) is 4.82. The van der Waals surface area contributed by atoms with Crippen LogP contribution in [0.1, 0.15) is 11.1 Å². The number of nitrogens with zero attached hydrogens (tertiary/aromatic N) is 1. The predicted octanol–water partition coefficient (Wildman–Crippen LogP) is 2.08. The van der Waals surface area contributed by atoms with Gasteiger partial charge in [-0.1, -0.05) is 53.8 Å². The van der Waals surface area contributed by atoms with Gasteiger partial charge in [0.15, 0.2) is 0 Å². The average molecular weight is 343 g/mol. The van der Waals surface area contributed by atoms with Crippen molar-refractivity contribution in [1.29, 1.82) is 0 Å². The van der Waals surface area contributed by atoms with Crippen molar-refractivity contribution in [3.8, 4) is 0 Å². The van der Waals surface area contributed by atoms with Crippen LogP contribution in [0.25, 0.3) is 6.08 Å². The molecule has 112 valence electrons. The van der Waals surface area contributed by atoms with Gasteiger partial charge in [0.1, 0.15) is 4.32 Å². The van der Waals surface area contributed by atoms with Crippen LogP contribution in [0.4, 0.5) is 0 Å². The maximum absolute atomic E-state index is 12.2. The highest BCUT2D eigenvalue weighted by molar-refractivity contribution is 8.26. The molecule has 1 heterocycles. The first-order valence-corrected chi connectivity index (χ1v) is 8.87. The second kappa shape index (κ2) is 6.27. The summed E-state index contributed by atoms with van der Waals surface area (Å²) in [6.07, 6.45) is 1.72. The van der Waals surface area contributed by atoms with Gasteiger partial charge in [-0.3, -0.25) is 14.2 Å². The summed E-state index contributed by atoms with van der Waals surface area (Å²) in [6.45, 7) is 1.81. The SMILES string of the molecule is Cc1cccc(/C=C2\SC(=S)N(CCS(=O)(=O)O)C2=O)c1. The zero-order valence-electron chi connectivity index (χ0n) is 11.1. The van der Waals surface area contributed by atoms with Gasteiger partial charge in [0, 0.05) is 6.54 Å². The molecule has 2 rings (SSSR count). The average Bonchev–Trinajstić information content (AvgIpc) is 2.61. The summed E-state index contributed by atoms with van der Waals surface area (Å²) < 4.78 is 30.6. The van der Waals surface area contributed by atoms with Gasteiger partial charge >= 0.3 is 0 Å². The summed E-state index contributed by atoms with van der Waals surface area (Å²) >= 11 is 6.20. The minimum Gasteiger partial charge on any atom is -0.292 e. The summed E-state index contributed by atoms with van der Waals surface area (Å²) in [4.78, 5) is 13.8. The number of carbonyl (C=O) groups is 1. The minimum absolute atomic E-state index is 0.144. The number of hydrogen-bond donors (Lipinski definition) is 1. The van der Waals surface area contributed by atoms with E-state index in [4.69, 9.17) is 16.8 Å². The van der Waals surface area contributed by atoms with Crippen molar-refractivity contribution in [3.05, 3.63) is 40.3 Å². The lowest BCUT2D eigenvalue weighted by Crippen LogP contribution is -2.32. The van der Waals surface area contributed by atoms with Gasteiger partial charge in [0.05, 0.1) is 10.7 Å². The van der Waals surface area contributed by atoms with Crippen molar-refractivity contribution in [2.75, 3.05) is 12.3 Å². The monoisotopic (exact) mass is 343 g/mol. The van der Waals surface area contributed by atoms with Crippen LogP contribution in [0.15, 0.2) is 29.2 Å². The Morgan fingerprint density at radius 1 is 1.43 bits per heavy atom. The van der Waals surface area contributed by atoms with E-state index in [9.17, 15) is 13.2 Å². The molecule has 1 aliphatic heterocycles. The molecule has 0 bridgehead atoms. The molecule has 0 unspecified atom stereocenters. The number of carbonyl (C=O) groups excluding carboxylic acids is 1. The normalized spacial score (nSPS) is 17.8. The van der Waals surface area contributed by atoms with E-state index in [1.54, 1.807) is 6.08 Å². The molecule has 1 aromatic rings. The fourth-order valence-electron chi connectivity index (χ4n) is 1.81. The van der Waals surface area contributed by atoms with E-state index in [0.717, 1.165) is 22.9 Å². The van der Waals surface area contributed by atoms with Gasteiger partial charge in [-0.15, -0.1) is 0 Å². The lowest BCUT2D eigenvalue weighted by atomic mass is 10.1. The van der Waals surface area contributed by atoms with Crippen LogP contribution in [0.3, 0.4) is 0 Å². The predicted molar refractivity (Wildman–Crippen MR) is 87.5 cm³/mol. The van der Waals surface area contributed by atoms with Crippen molar-refractivity contribution in [2.45, 2.75) is 6.92 Å². The van der Waals surface area contributed by atoms with Gasteiger partial charge in [0.25, 0.3) is 16.0 Å². The molecule has 0 aliphatic carbocycles. The van der Waals surface area contributed by atoms with E-state index in [1.807, 2.05) is 31.2 Å². The van der Waals surface area contributed by atoms with Crippen LogP contribution in [-0.2, 0) is 14.9 Å². The Labute approximate surface area is 132 Å². The first kappa shape index (κ1) is 16.2. The molecule has 0 atom stereocenters. The second-order valence-electron chi connectivity index (χ2n) is 4.53. The second-order valence-corrected chi connectivity index (χ2v) is 7.78. The van der Waals surface area contributed by atoms with Gasteiger partial charge < -0.3 is 0 Å². The molecule has 0 spiro atoms. The van der Waals surface area contributed by atoms with Crippen molar-refractivity contribution < 1.29 is 17.8 Å². The van der Waals surface area contributed by atoms with E-state index in [2.05, 4.69) is 0 Å². The fraction of sp³-hybridized carbons (Fsp3) is 0.231. The third kappa shape index (κ3) is 4.37. The van der Waals surface area contributed by atoms with Gasteiger partial charge in [-0.05, 0) is 18.6 Å². The van der Waals surface area contributed by atoms with Crippen LogP contribution in [0.2, 0.25) is 0 Å². The standard InChI is InChI=1S/C13H13NO4S3/c1-9-3-2-4-10(7-9)8-11-12(15)14(13(19)20-11)5-6-21(16,17)18/h2-4,7-8H,5-6H2,1H3,(H,16,17,18)/b11-8-. The largest absolute Gasteiger partial charge is 0.292 e. The first-order chi connectivity index (χ1) is 9.76. The Hall–Kier alpha value is -1.22. The summed E-state index contributed by atoms with van der Waals surface area (Å²) in [5, 5.41) is 0. The van der Waals surface area contributed by atoms with Crippen molar-refractivity contribution in [2.24, 2.45) is 0 Å². The van der Waals surface area contributed by atoms with E-state index >= 15 is 0 Å². The fourth-order valence-corrected chi connectivity index (χ4v) is 3.53. The van der Waals surface area contributed by atoms with Crippen molar-refractivity contribution in [3.63, 3.8) is 0 Å². The Bertz CT molecular complexity index is 725. The summed E-state index contributed by atoms with van der Waals surface area (Å²) in [6, 6.07) is 7.65. The first-order valence-electron chi connectivity index (χ1n) is 6.03. The Balaban J connectivity index is 2.18. The van der Waals surface area contributed by atoms with Crippen LogP contribution in [-0.4, -0.2) is 40.4 Å². The number of benzene rings is 1. The summed E-state index contributed by atoms with van der Waals surface area (Å²) in [5.74, 6) is -0.868. The Morgan fingerprint density at radius 3 is 2.76 bits per heavy atom. The molecular formula is C13H13NO4S3. The van der Waals surface area contributed by atoms with Crippen molar-refractivity contribution >= 4 is 50.4 Å². The third-order valence-corrected chi connectivity index (χ3v) is 4.86. The molecule has 0 saturated carbocycles. The smallest absolute Gasteiger partial charge is 0.266 e. The van der Waals surface area contributed by atoms with Crippen LogP contribution >= 0.6 is 24.0 Å². The molecule has 0 radical (unpaired) electrons. The molecule has 0 aromatic heterocycles. The molecular weight excluding hydrogens is 330 g/mol. The molecule has 1 fully saturated rings. The topological polar surface area (TPSA) is 74.7 Å². The lowest BCUT2D eigenvalue weighted by molar-refractivity contribution is -0.121. The van der Waals surface area contributed by atoms with E-state index in [1.165, 1.54) is 4.90 Å². The number of thiocarbonyl (C=S) groups is 1. The molecule has 1 amide bonds. The molecule has 1 aromatic carbocycles. The summed E-state index contributed by atoms with van der Waals surface area (Å²) in [5.41, 5.74) is 1.95. The molecule has 5 nitrogen and oxygen atoms in total. The zero-order valence-corrected chi connectivity index (χ0v) is 13.6. The van der Waals surface area contributed by atoms with E-state index in [-0.39, 0.29) is 12.5 Å². The molecule has 21 heavy (non-hydrogen) atoms. The van der Waals surface area contributed by atoms with Crippen LogP contribution in [0, 0.1) is 6.92 Å². The Morgan fingerprint density at radius 2 is 2.14 bits per heavy atom. The number of aryl methyl sites for hydroxylation is 1. The maximum Gasteiger partial charge on any atom is 0.266 e. The highest BCUT2D eigenvalue weighted by Crippen LogP contribution is 2.32.